The zero-order valence-corrected chi connectivity index (χ0v) is 13.4. The Bertz CT molecular complexity index is 194. The van der Waals surface area contributed by atoms with Gasteiger partial charge in [0.15, 0.2) is 0 Å². The number of rotatable bonds is 11. The number of likely N-dealkylation sites (tertiary alicyclic amines) is 1. The maximum Gasteiger partial charge on any atom is 0.0107 e. The lowest BCUT2D eigenvalue weighted by Crippen LogP contribution is -2.41. The van der Waals surface area contributed by atoms with Gasteiger partial charge in [0, 0.05) is 6.04 Å². The van der Waals surface area contributed by atoms with E-state index in [4.69, 9.17) is 0 Å². The van der Waals surface area contributed by atoms with E-state index in [1.807, 2.05) is 0 Å². The summed E-state index contributed by atoms with van der Waals surface area (Å²) >= 11 is 0. The van der Waals surface area contributed by atoms with Crippen LogP contribution in [0.1, 0.15) is 77.6 Å². The summed E-state index contributed by atoms with van der Waals surface area (Å²) in [5.41, 5.74) is 0. The van der Waals surface area contributed by atoms with E-state index in [-0.39, 0.29) is 0 Å². The van der Waals surface area contributed by atoms with Gasteiger partial charge in [0.1, 0.15) is 0 Å². The van der Waals surface area contributed by atoms with E-state index >= 15 is 0 Å². The topological polar surface area (TPSA) is 15.3 Å². The molecule has 1 N–H and O–H groups in total. The van der Waals surface area contributed by atoms with Gasteiger partial charge in [0.2, 0.25) is 0 Å². The van der Waals surface area contributed by atoms with Crippen molar-refractivity contribution in [3.05, 3.63) is 0 Å². The lowest BCUT2D eigenvalue weighted by molar-refractivity contribution is 0.137. The normalized spacial score (nSPS) is 20.8. The van der Waals surface area contributed by atoms with E-state index in [9.17, 15) is 0 Å². The minimum Gasteiger partial charge on any atom is -0.320 e. The zero-order valence-electron chi connectivity index (χ0n) is 13.4. The molecule has 1 saturated heterocycles. The average Bonchev–Trinajstić information content (AvgIpc) is 2.45. The Morgan fingerprint density at radius 3 is 2.47 bits per heavy atom. The van der Waals surface area contributed by atoms with Crippen LogP contribution in [0, 0.1) is 0 Å². The van der Waals surface area contributed by atoms with Crippen LogP contribution in [0.4, 0.5) is 0 Å². The highest BCUT2D eigenvalue weighted by Crippen LogP contribution is 2.20. The van der Waals surface area contributed by atoms with Gasteiger partial charge in [-0.1, -0.05) is 51.9 Å². The molecule has 114 valence electrons. The molecule has 0 aromatic rings. The van der Waals surface area contributed by atoms with Crippen molar-refractivity contribution in [1.29, 1.82) is 0 Å². The van der Waals surface area contributed by atoms with Crippen molar-refractivity contribution >= 4 is 0 Å². The predicted molar refractivity (Wildman–Crippen MR) is 85.7 cm³/mol. The molecule has 0 bridgehead atoms. The third kappa shape index (κ3) is 7.94. The van der Waals surface area contributed by atoms with Crippen LogP contribution in [0.25, 0.3) is 0 Å². The largest absolute Gasteiger partial charge is 0.320 e. The van der Waals surface area contributed by atoms with Gasteiger partial charge in [0.05, 0.1) is 0 Å². The van der Waals surface area contributed by atoms with Crippen LogP contribution >= 0.6 is 0 Å². The van der Waals surface area contributed by atoms with Crippen molar-refractivity contribution in [3.8, 4) is 0 Å². The first-order chi connectivity index (χ1) is 9.38. The van der Waals surface area contributed by atoms with Crippen LogP contribution in [0.15, 0.2) is 0 Å². The lowest BCUT2D eigenvalue weighted by atomic mass is 9.98. The number of unbranched alkanes of at least 4 members (excludes halogenated alkanes) is 6. The standard InChI is InChI=1S/C17H36N2/c1-3-4-5-6-7-8-10-15-19-16-11-9-12-17(19)13-14-18-2/h17-18H,3-16H2,1-2H3. The van der Waals surface area contributed by atoms with Crippen molar-refractivity contribution in [2.45, 2.75) is 83.6 Å². The minimum atomic E-state index is 0.862. The maximum atomic E-state index is 3.30. The smallest absolute Gasteiger partial charge is 0.0107 e. The van der Waals surface area contributed by atoms with Crippen molar-refractivity contribution < 1.29 is 0 Å². The first kappa shape index (κ1) is 17.0. The molecular weight excluding hydrogens is 232 g/mol. The van der Waals surface area contributed by atoms with Crippen molar-refractivity contribution in [3.63, 3.8) is 0 Å². The van der Waals surface area contributed by atoms with Crippen LogP contribution in [0.2, 0.25) is 0 Å². The van der Waals surface area contributed by atoms with Gasteiger partial charge in [-0.3, -0.25) is 0 Å². The Morgan fingerprint density at radius 1 is 1.00 bits per heavy atom. The van der Waals surface area contributed by atoms with E-state index in [2.05, 4.69) is 24.2 Å². The predicted octanol–water partition coefficient (Wildman–Crippen LogP) is 4.20. The summed E-state index contributed by atoms with van der Waals surface area (Å²) in [5, 5.41) is 3.30. The molecular formula is C17H36N2. The minimum absolute atomic E-state index is 0.862. The number of nitrogens with one attached hydrogen (secondary N) is 1. The Balaban J connectivity index is 2.04. The van der Waals surface area contributed by atoms with Crippen LogP contribution in [0.5, 0.6) is 0 Å². The molecule has 0 aromatic carbocycles. The molecule has 0 radical (unpaired) electrons. The molecule has 1 aliphatic rings. The molecule has 0 amide bonds. The zero-order chi connectivity index (χ0) is 13.8. The number of piperidine rings is 1. The lowest BCUT2D eigenvalue weighted by Gasteiger charge is -2.36. The van der Waals surface area contributed by atoms with Crippen LogP contribution in [-0.2, 0) is 0 Å². The third-order valence-electron chi connectivity index (χ3n) is 4.53. The van der Waals surface area contributed by atoms with E-state index in [1.54, 1.807) is 0 Å². The molecule has 0 spiro atoms. The Hall–Kier alpha value is -0.0800. The second-order valence-corrected chi connectivity index (χ2v) is 6.20. The first-order valence-corrected chi connectivity index (χ1v) is 8.77. The van der Waals surface area contributed by atoms with E-state index in [0.29, 0.717) is 0 Å². The molecule has 0 aliphatic carbocycles. The van der Waals surface area contributed by atoms with Crippen molar-refractivity contribution in [2.24, 2.45) is 0 Å². The summed E-state index contributed by atoms with van der Waals surface area (Å²) in [6, 6.07) is 0.862. The number of hydrogen-bond acceptors (Lipinski definition) is 2. The number of hydrogen-bond donors (Lipinski definition) is 1. The molecule has 1 atom stereocenters. The summed E-state index contributed by atoms with van der Waals surface area (Å²) in [7, 11) is 2.07. The Kier molecular flexibility index (Phi) is 10.5. The van der Waals surface area contributed by atoms with Gasteiger partial charge >= 0.3 is 0 Å². The SMILES string of the molecule is CCCCCCCCCN1CCCCC1CCNC. The summed E-state index contributed by atoms with van der Waals surface area (Å²) in [6.07, 6.45) is 15.6. The highest BCUT2D eigenvalue weighted by Gasteiger charge is 2.20. The fourth-order valence-electron chi connectivity index (χ4n) is 3.26. The van der Waals surface area contributed by atoms with E-state index < -0.39 is 0 Å². The fourth-order valence-corrected chi connectivity index (χ4v) is 3.26. The monoisotopic (exact) mass is 268 g/mol. The van der Waals surface area contributed by atoms with Crippen molar-refractivity contribution in [2.75, 3.05) is 26.7 Å². The molecule has 1 rings (SSSR count). The Labute approximate surface area is 121 Å². The molecule has 1 fully saturated rings. The second-order valence-electron chi connectivity index (χ2n) is 6.20. The van der Waals surface area contributed by atoms with Crippen molar-refractivity contribution in [1.82, 2.24) is 10.2 Å². The molecule has 0 saturated carbocycles. The molecule has 1 heterocycles. The van der Waals surface area contributed by atoms with Crippen LogP contribution < -0.4 is 5.32 Å². The van der Waals surface area contributed by atoms with Gasteiger partial charge in [0.25, 0.3) is 0 Å². The quantitative estimate of drug-likeness (QED) is 0.565. The van der Waals surface area contributed by atoms with Crippen LogP contribution in [0.3, 0.4) is 0 Å². The summed E-state index contributed by atoms with van der Waals surface area (Å²) in [6.45, 7) is 6.17. The molecule has 0 aromatic heterocycles. The highest BCUT2D eigenvalue weighted by atomic mass is 15.2. The summed E-state index contributed by atoms with van der Waals surface area (Å²) in [5.74, 6) is 0. The van der Waals surface area contributed by atoms with Gasteiger partial charge < -0.3 is 10.2 Å². The second kappa shape index (κ2) is 11.7. The van der Waals surface area contributed by atoms with E-state index in [1.165, 1.54) is 90.3 Å². The number of nitrogens with zero attached hydrogens (tertiary/aromatic N) is 1. The fraction of sp³-hybridized carbons (Fsp3) is 1.00. The van der Waals surface area contributed by atoms with Crippen LogP contribution in [-0.4, -0.2) is 37.6 Å². The molecule has 1 aliphatic heterocycles. The van der Waals surface area contributed by atoms with E-state index in [0.717, 1.165) is 6.04 Å². The third-order valence-corrected chi connectivity index (χ3v) is 4.53. The summed E-state index contributed by atoms with van der Waals surface area (Å²) in [4.78, 5) is 2.77. The maximum absolute atomic E-state index is 3.30. The van der Waals surface area contributed by atoms with Gasteiger partial charge in [-0.25, -0.2) is 0 Å². The van der Waals surface area contributed by atoms with Gasteiger partial charge in [-0.2, -0.15) is 0 Å². The van der Waals surface area contributed by atoms with Gasteiger partial charge in [-0.05, 0) is 52.4 Å². The molecule has 2 heteroatoms. The molecule has 2 nitrogen and oxygen atoms in total. The average molecular weight is 268 g/mol. The highest BCUT2D eigenvalue weighted by molar-refractivity contribution is 4.77. The van der Waals surface area contributed by atoms with Gasteiger partial charge in [-0.15, -0.1) is 0 Å². The molecule has 1 unspecified atom stereocenters. The Morgan fingerprint density at radius 2 is 1.74 bits per heavy atom. The first-order valence-electron chi connectivity index (χ1n) is 8.77. The summed E-state index contributed by atoms with van der Waals surface area (Å²) < 4.78 is 0. The molecule has 19 heavy (non-hydrogen) atoms.